The number of rotatable bonds is 8. The number of nitrogens with zero attached hydrogens (tertiary/aromatic N) is 3. The van der Waals surface area contributed by atoms with E-state index in [2.05, 4.69) is 205 Å². The van der Waals surface area contributed by atoms with Gasteiger partial charge in [0.05, 0.1) is 28.0 Å². The molecule has 0 amide bonds. The van der Waals surface area contributed by atoms with Crippen molar-refractivity contribution in [3.63, 3.8) is 0 Å². The molecular formula is C60H57N3O. The number of aromatic nitrogens is 3. The van der Waals surface area contributed by atoms with Crippen LogP contribution in [0.5, 0.6) is 5.75 Å². The highest BCUT2D eigenvalue weighted by Crippen LogP contribution is 2.45. The average Bonchev–Trinajstić information content (AvgIpc) is 3.68. The minimum absolute atomic E-state index is 0.164. The topological polar surface area (TPSA) is 50.9 Å². The summed E-state index contributed by atoms with van der Waals surface area (Å²) in [7, 11) is 0. The Labute approximate surface area is 380 Å². The summed E-state index contributed by atoms with van der Waals surface area (Å²) in [4.78, 5) is 10.6. The van der Waals surface area contributed by atoms with Crippen molar-refractivity contribution in [2.75, 3.05) is 0 Å². The fourth-order valence-electron chi connectivity index (χ4n) is 8.79. The summed E-state index contributed by atoms with van der Waals surface area (Å²) < 4.78 is 11.2. The zero-order chi connectivity index (χ0) is 45.8. The van der Waals surface area contributed by atoms with Gasteiger partial charge in [-0.1, -0.05) is 171 Å². The summed E-state index contributed by atoms with van der Waals surface area (Å²) in [6.45, 7) is 19.1. The van der Waals surface area contributed by atoms with E-state index < -0.39 is 5.89 Å². The number of aromatic hydroxyl groups is 1. The fourth-order valence-corrected chi connectivity index (χ4v) is 8.79. The van der Waals surface area contributed by atoms with E-state index in [-0.39, 0.29) is 16.6 Å². The van der Waals surface area contributed by atoms with E-state index in [1.807, 2.05) is 32.2 Å². The van der Waals surface area contributed by atoms with Crippen molar-refractivity contribution >= 4 is 11.0 Å². The zero-order valence-corrected chi connectivity index (χ0v) is 38.5. The highest BCUT2D eigenvalue weighted by molar-refractivity contribution is 5.98. The fraction of sp³-hybridized carbons (Fsp3) is 0.200. The van der Waals surface area contributed by atoms with Gasteiger partial charge in [0.15, 0.2) is 0 Å². The Balaban J connectivity index is 1.27. The van der Waals surface area contributed by atoms with Crippen molar-refractivity contribution in [2.45, 2.75) is 79.0 Å². The van der Waals surface area contributed by atoms with E-state index in [9.17, 15) is 5.11 Å². The number of benzene rings is 7. The molecule has 7 aromatic carbocycles. The van der Waals surface area contributed by atoms with Crippen LogP contribution in [-0.2, 0) is 10.8 Å². The Morgan fingerprint density at radius 2 is 1.19 bits per heavy atom. The molecule has 9 rings (SSSR count). The number of hydrogen-bond acceptors (Lipinski definition) is 3. The first kappa shape index (κ1) is 41.0. The molecule has 4 nitrogen and oxygen atoms in total. The molecule has 0 fully saturated rings. The van der Waals surface area contributed by atoms with Gasteiger partial charge in [0, 0.05) is 29.8 Å². The third kappa shape index (κ3) is 8.17. The molecule has 0 unspecified atom stereocenters. The number of phenolic OH excluding ortho intramolecular Hbond substituents is 1. The second-order valence-electron chi connectivity index (χ2n) is 19.4. The molecule has 1 N–H and O–H groups in total. The van der Waals surface area contributed by atoms with E-state index in [0.717, 1.165) is 78.0 Å². The van der Waals surface area contributed by atoms with Crippen LogP contribution >= 0.6 is 0 Å². The summed E-state index contributed by atoms with van der Waals surface area (Å²) in [5.74, 6) is 0.0564. The Kier molecular flexibility index (Phi) is 10.6. The molecule has 0 saturated heterocycles. The van der Waals surface area contributed by atoms with Crippen molar-refractivity contribution in [2.24, 2.45) is 0 Å². The summed E-state index contributed by atoms with van der Waals surface area (Å²) in [5.41, 5.74) is 17.4. The second-order valence-corrected chi connectivity index (χ2v) is 19.4. The number of aryl methyl sites for hydroxylation is 1. The van der Waals surface area contributed by atoms with E-state index in [1.165, 1.54) is 16.7 Å². The number of hydrogen-bond donors (Lipinski definition) is 1. The molecule has 0 aliphatic carbocycles. The van der Waals surface area contributed by atoms with Crippen LogP contribution in [0, 0.1) is 6.92 Å². The van der Waals surface area contributed by atoms with Crippen LogP contribution in [0.1, 0.15) is 84.9 Å². The van der Waals surface area contributed by atoms with Crippen molar-refractivity contribution in [1.29, 1.82) is 0 Å². The Hall–Kier alpha value is -7.04. The molecule has 9 aromatic rings. The first-order valence-electron chi connectivity index (χ1n) is 22.8. The van der Waals surface area contributed by atoms with Gasteiger partial charge in [-0.2, -0.15) is 0 Å². The SMILES string of the molecule is [2H]C(C)(C)c1ccc(-n2c(-c3cc(C)cc(C(C)(C)C)c3O)nc3c(-c4cc(-c5cc(-c6ccc(-c7ccccc7)cc6)ccn5)cc(C(C)(C)C)c4)cccc32)c(-c2ccccc2)c1. The third-order valence-electron chi connectivity index (χ3n) is 12.4. The Morgan fingerprint density at radius 3 is 1.84 bits per heavy atom. The van der Waals surface area contributed by atoms with Crippen molar-refractivity contribution < 1.29 is 6.48 Å². The standard InChI is InChI=1S/C60H57N3O/c1-38(2)44-27-28-54(50(36-44)43-19-14-11-15-20-43)63-55-22-16-21-49(56(55)62-58(63)51-31-39(3)32-52(57(51)64)60(7,8)9)46-33-47(35-48(34-46)59(4,5)6)53-37-45(29-30-61-53)42-25-23-41(24-26-42)40-17-12-10-13-18-40/h10-38,64H,1-9H3/i38D. The lowest BCUT2D eigenvalue weighted by Crippen LogP contribution is -2.12. The first-order valence-corrected chi connectivity index (χ1v) is 22.3. The molecule has 0 aliphatic rings. The largest absolute Gasteiger partial charge is 0.507 e. The minimum atomic E-state index is -0.817. The normalized spacial score (nSPS) is 12.4. The summed E-state index contributed by atoms with van der Waals surface area (Å²) in [6.07, 6.45) is 1.91. The average molecular weight is 837 g/mol. The van der Waals surface area contributed by atoms with Gasteiger partial charge in [-0.25, -0.2) is 4.98 Å². The third-order valence-corrected chi connectivity index (χ3v) is 12.4. The van der Waals surface area contributed by atoms with Crippen LogP contribution in [0.3, 0.4) is 0 Å². The molecule has 4 heteroatoms. The first-order chi connectivity index (χ1) is 30.9. The lowest BCUT2D eigenvalue weighted by Gasteiger charge is -2.23. The van der Waals surface area contributed by atoms with E-state index in [1.54, 1.807) is 0 Å². The van der Waals surface area contributed by atoms with Gasteiger partial charge >= 0.3 is 0 Å². The summed E-state index contributed by atoms with van der Waals surface area (Å²) in [6, 6.07) is 57.5. The summed E-state index contributed by atoms with van der Waals surface area (Å²) in [5, 5.41) is 12.3. The van der Waals surface area contributed by atoms with Gasteiger partial charge in [0.2, 0.25) is 0 Å². The van der Waals surface area contributed by atoms with Gasteiger partial charge in [-0.3, -0.25) is 9.55 Å². The maximum Gasteiger partial charge on any atom is 0.149 e. The van der Waals surface area contributed by atoms with Gasteiger partial charge < -0.3 is 5.11 Å². The number of para-hydroxylation sites is 1. The number of pyridine rings is 1. The predicted octanol–water partition coefficient (Wildman–Crippen LogP) is 16.2. The molecule has 0 atom stereocenters. The van der Waals surface area contributed by atoms with Gasteiger partial charge in [0.25, 0.3) is 0 Å². The minimum Gasteiger partial charge on any atom is -0.507 e. The molecule has 0 aliphatic heterocycles. The van der Waals surface area contributed by atoms with Crippen LogP contribution in [0.15, 0.2) is 170 Å². The van der Waals surface area contributed by atoms with Gasteiger partial charge in [0.1, 0.15) is 11.6 Å². The van der Waals surface area contributed by atoms with E-state index in [4.69, 9.17) is 11.3 Å². The van der Waals surface area contributed by atoms with Crippen LogP contribution in [0.4, 0.5) is 0 Å². The molecule has 0 spiro atoms. The van der Waals surface area contributed by atoms with Crippen molar-refractivity contribution in [1.82, 2.24) is 14.5 Å². The van der Waals surface area contributed by atoms with E-state index in [0.29, 0.717) is 11.4 Å². The lowest BCUT2D eigenvalue weighted by molar-refractivity contribution is 0.448. The van der Waals surface area contributed by atoms with Crippen molar-refractivity contribution in [3.05, 3.63) is 192 Å². The van der Waals surface area contributed by atoms with Gasteiger partial charge in [-0.15, -0.1) is 0 Å². The van der Waals surface area contributed by atoms with E-state index >= 15 is 0 Å². The highest BCUT2D eigenvalue weighted by atomic mass is 16.3. The highest BCUT2D eigenvalue weighted by Gasteiger charge is 2.27. The number of fused-ring (bicyclic) bond motifs is 1. The molecule has 318 valence electrons. The van der Waals surface area contributed by atoms with Crippen LogP contribution in [0.2, 0.25) is 0 Å². The molecule has 64 heavy (non-hydrogen) atoms. The Morgan fingerprint density at radius 1 is 0.547 bits per heavy atom. The molecular weight excluding hydrogens is 779 g/mol. The van der Waals surface area contributed by atoms with Crippen LogP contribution in [-0.4, -0.2) is 19.6 Å². The van der Waals surface area contributed by atoms with Gasteiger partial charge in [-0.05, 0) is 122 Å². The number of imidazole rings is 1. The maximum atomic E-state index is 12.3. The lowest BCUT2D eigenvalue weighted by atomic mass is 9.83. The summed E-state index contributed by atoms with van der Waals surface area (Å²) >= 11 is 0. The second kappa shape index (κ2) is 16.6. The number of phenols is 1. The van der Waals surface area contributed by atoms with Crippen LogP contribution < -0.4 is 0 Å². The quantitative estimate of drug-likeness (QED) is 0.166. The molecule has 2 aromatic heterocycles. The van der Waals surface area contributed by atoms with Crippen LogP contribution in [0.25, 0.3) is 83.9 Å². The molecule has 2 heterocycles. The maximum absolute atomic E-state index is 12.3. The molecule has 0 radical (unpaired) electrons. The predicted molar refractivity (Wildman–Crippen MR) is 269 cm³/mol. The molecule has 0 bridgehead atoms. The monoisotopic (exact) mass is 836 g/mol. The smallest absolute Gasteiger partial charge is 0.149 e. The molecule has 0 saturated carbocycles. The zero-order valence-electron chi connectivity index (χ0n) is 39.5. The Bertz CT molecular complexity index is 3200. The van der Waals surface area contributed by atoms with Crippen molar-refractivity contribution in [3.8, 4) is 78.6 Å².